The predicted octanol–water partition coefficient (Wildman–Crippen LogP) is 7.35. The lowest BCUT2D eigenvalue weighted by atomic mass is 10.1. The summed E-state index contributed by atoms with van der Waals surface area (Å²) >= 11 is 0. The van der Waals surface area contributed by atoms with E-state index in [1.807, 2.05) is 13.8 Å². The molecule has 0 aliphatic carbocycles. The number of aromatic nitrogens is 12. The maximum Gasteiger partial charge on any atom is 0.338 e. The normalized spacial score (nSPS) is 11.9. The van der Waals surface area contributed by atoms with E-state index in [-0.39, 0.29) is 70.3 Å². The Morgan fingerprint density at radius 2 is 0.958 bits per heavy atom. The molecule has 22 heteroatoms. The van der Waals surface area contributed by atoms with Crippen LogP contribution in [0, 0.1) is 5.92 Å². The number of amides is 1. The number of rotatable bonds is 14. The second kappa shape index (κ2) is 18.1. The van der Waals surface area contributed by atoms with Gasteiger partial charge in [-0.15, -0.1) is 60.0 Å². The number of nitrogens with one attached hydrogen (secondary N) is 2. The van der Waals surface area contributed by atoms with E-state index >= 15 is 0 Å². The van der Waals surface area contributed by atoms with Crippen LogP contribution in [-0.2, 0) is 4.74 Å². The molecule has 0 radical (unpaired) electrons. The largest absolute Gasteiger partial charge is 0.505 e. The van der Waals surface area contributed by atoms with Crippen molar-refractivity contribution in [3.8, 4) is 51.5 Å². The molecular weight excluding hydrogens is 925 g/mol. The standard InChI is InChI=1S/C50H40N14O8/c1-3-27(2)25-71-50(70)28-20-29(51-26-72-42-24-41(62-55-34-14-6-7-15-35(34)56-62)47(67)44(48(42)68)64-59-38-18-10-11-19-39(38)60-64)22-30(21-28)52-49(69)31-23-40(61-53-32-12-4-5-13-33(32)54-61)46(66)43(45(31)65)63-57-36-16-8-9-17-37(36)58-63/h4-24,27,51,65-68H,3,25-26H2,1-2H3,(H,52,69). The minimum atomic E-state index is -0.871. The molecule has 72 heavy (non-hydrogen) atoms. The predicted molar refractivity (Wildman–Crippen MR) is 262 cm³/mol. The molecule has 0 spiro atoms. The number of fused-ring (bicyclic) bond motifs is 4. The number of ether oxygens (including phenoxy) is 2. The van der Waals surface area contributed by atoms with Crippen molar-refractivity contribution in [2.45, 2.75) is 20.3 Å². The molecular formula is C50H40N14O8. The van der Waals surface area contributed by atoms with Gasteiger partial charge in [0.1, 0.15) is 55.5 Å². The lowest BCUT2D eigenvalue weighted by Gasteiger charge is -2.17. The van der Waals surface area contributed by atoms with Gasteiger partial charge in [-0.25, -0.2) is 4.79 Å². The molecule has 0 bridgehead atoms. The number of hydrogen-bond acceptors (Lipinski definition) is 17. The van der Waals surface area contributed by atoms with Crippen molar-refractivity contribution in [1.82, 2.24) is 60.0 Å². The summed E-state index contributed by atoms with van der Waals surface area (Å²) in [4.78, 5) is 32.6. The number of nitrogens with zero attached hydrogens (tertiary/aromatic N) is 12. The fraction of sp³-hybridized carbons (Fsp3) is 0.120. The molecule has 22 nitrogen and oxygen atoms in total. The Hall–Kier alpha value is -10.1. The first-order chi connectivity index (χ1) is 35.0. The van der Waals surface area contributed by atoms with Crippen molar-refractivity contribution < 1.29 is 39.5 Å². The number of anilines is 2. The first-order valence-electron chi connectivity index (χ1n) is 22.5. The van der Waals surface area contributed by atoms with Crippen molar-refractivity contribution in [3.63, 3.8) is 0 Å². The van der Waals surface area contributed by atoms with Crippen LogP contribution in [0.1, 0.15) is 41.0 Å². The topological polar surface area (TPSA) is 280 Å². The van der Waals surface area contributed by atoms with Crippen molar-refractivity contribution in [3.05, 3.63) is 139 Å². The molecule has 11 aromatic rings. The first kappa shape index (κ1) is 44.4. The molecule has 1 atom stereocenters. The Morgan fingerprint density at radius 1 is 0.542 bits per heavy atom. The van der Waals surface area contributed by atoms with Crippen LogP contribution >= 0.6 is 0 Å². The summed E-state index contributed by atoms with van der Waals surface area (Å²) in [6, 6.07) is 35.0. The highest BCUT2D eigenvalue weighted by Crippen LogP contribution is 2.44. The molecule has 7 aromatic carbocycles. The van der Waals surface area contributed by atoms with Crippen LogP contribution in [0.25, 0.3) is 66.9 Å². The van der Waals surface area contributed by atoms with Gasteiger partial charge in [-0.3, -0.25) is 4.79 Å². The average molecular weight is 965 g/mol. The highest BCUT2D eigenvalue weighted by Gasteiger charge is 2.28. The van der Waals surface area contributed by atoms with Gasteiger partial charge in [-0.2, -0.15) is 0 Å². The Labute approximate surface area is 405 Å². The monoisotopic (exact) mass is 964 g/mol. The lowest BCUT2D eigenvalue weighted by Crippen LogP contribution is -2.17. The molecule has 0 aliphatic heterocycles. The van der Waals surface area contributed by atoms with E-state index in [2.05, 4.69) is 51.4 Å². The van der Waals surface area contributed by atoms with Gasteiger partial charge in [0.2, 0.25) is 0 Å². The third-order valence-corrected chi connectivity index (χ3v) is 11.8. The van der Waals surface area contributed by atoms with Crippen LogP contribution in [0.4, 0.5) is 11.4 Å². The highest BCUT2D eigenvalue weighted by molar-refractivity contribution is 6.08. The first-order valence-corrected chi connectivity index (χ1v) is 22.5. The zero-order valence-corrected chi connectivity index (χ0v) is 38.1. The fourth-order valence-electron chi connectivity index (χ4n) is 7.80. The Balaban J connectivity index is 0.945. The summed E-state index contributed by atoms with van der Waals surface area (Å²) in [5, 5.41) is 88.8. The molecule has 358 valence electrons. The van der Waals surface area contributed by atoms with E-state index in [0.29, 0.717) is 44.1 Å². The van der Waals surface area contributed by atoms with Crippen LogP contribution in [-0.4, -0.2) is 106 Å². The van der Waals surface area contributed by atoms with Gasteiger partial charge in [0.15, 0.2) is 46.9 Å². The van der Waals surface area contributed by atoms with Gasteiger partial charge in [-0.1, -0.05) is 68.8 Å². The molecule has 6 N–H and O–H groups in total. The van der Waals surface area contributed by atoms with Crippen LogP contribution in [0.5, 0.6) is 28.7 Å². The van der Waals surface area contributed by atoms with Crippen molar-refractivity contribution in [2.24, 2.45) is 5.92 Å². The van der Waals surface area contributed by atoms with Crippen molar-refractivity contribution in [2.75, 3.05) is 24.0 Å². The number of carbonyl (C=O) groups excluding carboxylic acids is 2. The van der Waals surface area contributed by atoms with Crippen LogP contribution in [0.3, 0.4) is 0 Å². The Morgan fingerprint density at radius 3 is 1.42 bits per heavy atom. The van der Waals surface area contributed by atoms with Gasteiger partial charge in [0.25, 0.3) is 5.91 Å². The molecule has 4 heterocycles. The third-order valence-electron chi connectivity index (χ3n) is 11.8. The summed E-state index contributed by atoms with van der Waals surface area (Å²) in [5.41, 5.74) is 3.40. The summed E-state index contributed by atoms with van der Waals surface area (Å²) in [5.74, 6) is -3.80. The van der Waals surface area contributed by atoms with E-state index in [0.717, 1.165) is 20.8 Å². The van der Waals surface area contributed by atoms with Crippen molar-refractivity contribution >= 4 is 67.4 Å². The zero-order chi connectivity index (χ0) is 49.6. The molecule has 11 rings (SSSR count). The van der Waals surface area contributed by atoms with Crippen LogP contribution in [0.2, 0.25) is 0 Å². The van der Waals surface area contributed by atoms with E-state index in [9.17, 15) is 30.0 Å². The smallest absolute Gasteiger partial charge is 0.338 e. The third kappa shape index (κ3) is 8.22. The molecule has 1 amide bonds. The van der Waals surface area contributed by atoms with E-state index in [4.69, 9.17) is 9.47 Å². The molecule has 0 fully saturated rings. The molecule has 0 saturated heterocycles. The van der Waals surface area contributed by atoms with Gasteiger partial charge in [0, 0.05) is 17.4 Å². The second-order valence-corrected chi connectivity index (χ2v) is 16.7. The van der Waals surface area contributed by atoms with Gasteiger partial charge < -0.3 is 40.5 Å². The van der Waals surface area contributed by atoms with Crippen molar-refractivity contribution in [1.29, 1.82) is 0 Å². The Kier molecular flexibility index (Phi) is 11.1. The SMILES string of the molecule is CCC(C)COC(=O)c1cc(NCOc2cc(-n3nc4ccccc4n3)c(O)c(-n3nc4ccccc4n3)c2O)cc(NC(=O)c2cc(-n3nc4ccccc4n3)c(O)c(-n3nc4ccccc4n3)c2O)c1. The number of aromatic hydroxyl groups is 4. The molecule has 1 unspecified atom stereocenters. The van der Waals surface area contributed by atoms with Crippen LogP contribution < -0.4 is 15.4 Å². The second-order valence-electron chi connectivity index (χ2n) is 16.7. The maximum absolute atomic E-state index is 14.5. The number of phenols is 4. The number of benzene rings is 7. The fourth-order valence-corrected chi connectivity index (χ4v) is 7.80. The number of hydrogen-bond donors (Lipinski definition) is 6. The zero-order valence-electron chi connectivity index (χ0n) is 38.1. The number of phenolic OH excluding ortho intramolecular Hbond substituents is 4. The quantitative estimate of drug-likeness (QED) is 0.0459. The molecule has 0 aliphatic rings. The summed E-state index contributed by atoms with van der Waals surface area (Å²) in [6.45, 7) is 3.68. The lowest BCUT2D eigenvalue weighted by molar-refractivity contribution is 0.0447. The maximum atomic E-state index is 14.5. The van der Waals surface area contributed by atoms with Crippen LogP contribution in [0.15, 0.2) is 127 Å². The highest BCUT2D eigenvalue weighted by atomic mass is 16.5. The number of esters is 1. The van der Waals surface area contributed by atoms with E-state index in [1.54, 1.807) is 97.1 Å². The van der Waals surface area contributed by atoms with Gasteiger partial charge in [-0.05, 0) is 78.7 Å². The Bertz CT molecular complexity index is 3790. The van der Waals surface area contributed by atoms with Gasteiger partial charge >= 0.3 is 5.97 Å². The summed E-state index contributed by atoms with van der Waals surface area (Å²) < 4.78 is 11.8. The molecule has 0 saturated carbocycles. The minimum Gasteiger partial charge on any atom is -0.505 e. The summed E-state index contributed by atoms with van der Waals surface area (Å²) in [7, 11) is 0. The van der Waals surface area contributed by atoms with Gasteiger partial charge in [0.05, 0.1) is 17.7 Å². The summed E-state index contributed by atoms with van der Waals surface area (Å²) in [6.07, 6.45) is 0.759. The number of carbonyl (C=O) groups is 2. The van der Waals surface area contributed by atoms with E-state index < -0.39 is 34.9 Å². The van der Waals surface area contributed by atoms with E-state index in [1.165, 1.54) is 35.1 Å². The molecule has 4 aromatic heterocycles. The average Bonchev–Trinajstić information content (AvgIpc) is 4.21. The minimum absolute atomic E-state index is 0.0310.